The van der Waals surface area contributed by atoms with E-state index in [1.54, 1.807) is 28.1 Å². The van der Waals surface area contributed by atoms with E-state index in [-0.39, 0.29) is 11.9 Å². The summed E-state index contributed by atoms with van der Waals surface area (Å²) in [6, 6.07) is 2.10. The Morgan fingerprint density at radius 3 is 2.79 bits per heavy atom. The molecule has 1 amide bonds. The average molecular weight is 295 g/mol. The molecule has 1 unspecified atom stereocenters. The molecule has 0 saturated carbocycles. The van der Waals surface area contributed by atoms with Crippen molar-refractivity contribution in [1.82, 2.24) is 10.3 Å². The average Bonchev–Trinajstić information content (AvgIpc) is 2.93. The Balaban J connectivity index is 1.98. The largest absolute Gasteiger partial charge is 0.366 e. The summed E-state index contributed by atoms with van der Waals surface area (Å²) in [4.78, 5) is 17.8. The molecule has 2 aromatic rings. The number of hydrogen-bond acceptors (Lipinski definition) is 5. The van der Waals surface area contributed by atoms with Crippen LogP contribution in [0.4, 0.5) is 0 Å². The molecule has 4 nitrogen and oxygen atoms in total. The van der Waals surface area contributed by atoms with Crippen LogP contribution < -0.4 is 11.1 Å². The Morgan fingerprint density at radius 2 is 2.26 bits per heavy atom. The summed E-state index contributed by atoms with van der Waals surface area (Å²) < 4.78 is 0. The van der Waals surface area contributed by atoms with Crippen LogP contribution in [0.3, 0.4) is 0 Å². The van der Waals surface area contributed by atoms with Gasteiger partial charge in [-0.1, -0.05) is 0 Å². The van der Waals surface area contributed by atoms with Gasteiger partial charge in [0.2, 0.25) is 5.91 Å². The van der Waals surface area contributed by atoms with Crippen LogP contribution in [0.25, 0.3) is 0 Å². The van der Waals surface area contributed by atoms with Gasteiger partial charge in [0.05, 0.1) is 16.3 Å². The zero-order valence-electron chi connectivity index (χ0n) is 11.2. The number of carbonyl (C=O) groups is 1. The topological polar surface area (TPSA) is 68.0 Å². The quantitative estimate of drug-likeness (QED) is 0.891. The number of aryl methyl sites for hydroxylation is 2. The van der Waals surface area contributed by atoms with Crippen molar-refractivity contribution in [2.75, 3.05) is 0 Å². The molecule has 1 atom stereocenters. The molecule has 19 heavy (non-hydrogen) atoms. The maximum absolute atomic E-state index is 11.0. The molecule has 2 rings (SSSR count). The van der Waals surface area contributed by atoms with Crippen molar-refractivity contribution in [2.24, 2.45) is 5.73 Å². The number of amides is 1. The lowest BCUT2D eigenvalue weighted by molar-refractivity contribution is 0.100. The highest BCUT2D eigenvalue weighted by Crippen LogP contribution is 2.25. The van der Waals surface area contributed by atoms with Gasteiger partial charge in [0, 0.05) is 27.7 Å². The van der Waals surface area contributed by atoms with Crippen LogP contribution in [-0.4, -0.2) is 10.9 Å². The maximum Gasteiger partial charge on any atom is 0.249 e. The monoisotopic (exact) mass is 295 g/mol. The van der Waals surface area contributed by atoms with Crippen LogP contribution in [0.15, 0.2) is 11.4 Å². The van der Waals surface area contributed by atoms with Gasteiger partial charge >= 0.3 is 0 Å². The number of aromatic nitrogens is 1. The van der Waals surface area contributed by atoms with Crippen molar-refractivity contribution < 1.29 is 4.79 Å². The van der Waals surface area contributed by atoms with Gasteiger partial charge in [-0.05, 0) is 26.8 Å². The Bertz CT molecular complexity index is 588. The number of rotatable bonds is 5. The fourth-order valence-electron chi connectivity index (χ4n) is 1.90. The highest BCUT2D eigenvalue weighted by Gasteiger charge is 2.13. The van der Waals surface area contributed by atoms with Crippen molar-refractivity contribution in [3.05, 3.63) is 37.5 Å². The fraction of sp³-hybridized carbons (Fsp3) is 0.385. The molecule has 102 valence electrons. The van der Waals surface area contributed by atoms with Gasteiger partial charge < -0.3 is 11.1 Å². The molecule has 0 aromatic carbocycles. The first-order valence-corrected chi connectivity index (χ1v) is 7.71. The Kier molecular flexibility index (Phi) is 4.34. The van der Waals surface area contributed by atoms with E-state index in [0.29, 0.717) is 5.56 Å². The second kappa shape index (κ2) is 5.81. The number of primary amides is 1. The van der Waals surface area contributed by atoms with Gasteiger partial charge in [-0.25, -0.2) is 4.98 Å². The van der Waals surface area contributed by atoms with Crippen LogP contribution in [-0.2, 0) is 6.54 Å². The number of nitrogens with zero attached hydrogens (tertiary/aromatic N) is 1. The Labute approximate surface area is 120 Å². The smallest absolute Gasteiger partial charge is 0.249 e. The SMILES string of the molecule is Cc1nc(C)c(C(C)NCc2cc(C(N)=O)cs2)s1. The van der Waals surface area contributed by atoms with E-state index < -0.39 is 0 Å². The number of thiophene rings is 1. The number of thiazole rings is 1. The van der Waals surface area contributed by atoms with Crippen molar-refractivity contribution in [3.8, 4) is 0 Å². The molecule has 0 fully saturated rings. The van der Waals surface area contributed by atoms with Gasteiger partial charge in [0.1, 0.15) is 0 Å². The third-order valence-corrected chi connectivity index (χ3v) is 5.05. The molecule has 0 radical (unpaired) electrons. The Morgan fingerprint density at radius 1 is 1.53 bits per heavy atom. The van der Waals surface area contributed by atoms with Crippen LogP contribution >= 0.6 is 22.7 Å². The second-order valence-corrected chi connectivity index (χ2v) is 6.68. The molecule has 6 heteroatoms. The molecule has 0 aliphatic carbocycles. The van der Waals surface area contributed by atoms with Crippen LogP contribution in [0.5, 0.6) is 0 Å². The molecule has 2 aromatic heterocycles. The second-order valence-electron chi connectivity index (χ2n) is 4.45. The van der Waals surface area contributed by atoms with Gasteiger partial charge in [-0.2, -0.15) is 0 Å². The van der Waals surface area contributed by atoms with E-state index in [0.717, 1.165) is 22.1 Å². The third-order valence-electron chi connectivity index (χ3n) is 2.85. The normalized spacial score (nSPS) is 12.6. The summed E-state index contributed by atoms with van der Waals surface area (Å²) in [5.41, 5.74) is 6.91. The van der Waals surface area contributed by atoms with Crippen molar-refractivity contribution in [3.63, 3.8) is 0 Å². The van der Waals surface area contributed by atoms with Crippen LogP contribution in [0, 0.1) is 13.8 Å². The van der Waals surface area contributed by atoms with E-state index in [2.05, 4.69) is 17.2 Å². The molecule has 0 saturated heterocycles. The highest BCUT2D eigenvalue weighted by molar-refractivity contribution is 7.11. The summed E-state index contributed by atoms with van der Waals surface area (Å²) in [7, 11) is 0. The summed E-state index contributed by atoms with van der Waals surface area (Å²) in [6.45, 7) is 6.91. The zero-order chi connectivity index (χ0) is 14.0. The van der Waals surface area contributed by atoms with Gasteiger partial charge in [-0.3, -0.25) is 4.79 Å². The van der Waals surface area contributed by atoms with E-state index in [4.69, 9.17) is 5.73 Å². The Hall–Kier alpha value is -1.24. The predicted octanol–water partition coefficient (Wildman–Crippen LogP) is 2.77. The highest BCUT2D eigenvalue weighted by atomic mass is 32.1. The van der Waals surface area contributed by atoms with Crippen molar-refractivity contribution in [2.45, 2.75) is 33.4 Å². The lowest BCUT2D eigenvalue weighted by Crippen LogP contribution is -2.17. The molecular formula is C13H17N3OS2. The molecule has 0 aliphatic rings. The predicted molar refractivity (Wildman–Crippen MR) is 79.7 cm³/mol. The summed E-state index contributed by atoms with van der Waals surface area (Å²) >= 11 is 3.27. The summed E-state index contributed by atoms with van der Waals surface area (Å²) in [5, 5.41) is 6.34. The molecule has 2 heterocycles. The van der Waals surface area contributed by atoms with E-state index in [1.165, 1.54) is 4.88 Å². The number of carbonyl (C=O) groups excluding carboxylic acids is 1. The summed E-state index contributed by atoms with van der Waals surface area (Å²) in [5.74, 6) is -0.371. The first kappa shape index (κ1) is 14.2. The minimum absolute atomic E-state index is 0.255. The minimum Gasteiger partial charge on any atom is -0.366 e. The van der Waals surface area contributed by atoms with Crippen molar-refractivity contribution >= 4 is 28.6 Å². The summed E-state index contributed by atoms with van der Waals surface area (Å²) in [6.07, 6.45) is 0. The maximum atomic E-state index is 11.0. The molecule has 0 aliphatic heterocycles. The van der Waals surface area contributed by atoms with Crippen LogP contribution in [0.1, 0.15) is 43.8 Å². The standard InChI is InChI=1S/C13H17N3OS2/c1-7(12-8(2)16-9(3)19-12)15-5-11-4-10(6-18-11)13(14)17/h4,6-7,15H,5H2,1-3H3,(H2,14,17). The number of hydrogen-bond donors (Lipinski definition) is 2. The zero-order valence-corrected chi connectivity index (χ0v) is 12.8. The first-order chi connectivity index (χ1) is 8.97. The molecule has 0 spiro atoms. The van der Waals surface area contributed by atoms with Crippen LogP contribution in [0.2, 0.25) is 0 Å². The third kappa shape index (κ3) is 3.40. The van der Waals surface area contributed by atoms with E-state index in [9.17, 15) is 4.79 Å². The minimum atomic E-state index is -0.371. The fourth-order valence-corrected chi connectivity index (χ4v) is 3.68. The van der Waals surface area contributed by atoms with Crippen molar-refractivity contribution in [1.29, 1.82) is 0 Å². The molecule has 0 bridgehead atoms. The number of nitrogens with two attached hydrogens (primary N) is 1. The van der Waals surface area contributed by atoms with Gasteiger partial charge in [0.25, 0.3) is 0 Å². The van der Waals surface area contributed by atoms with E-state index >= 15 is 0 Å². The first-order valence-electron chi connectivity index (χ1n) is 6.02. The molecular weight excluding hydrogens is 278 g/mol. The van der Waals surface area contributed by atoms with Gasteiger partial charge in [-0.15, -0.1) is 22.7 Å². The lowest BCUT2D eigenvalue weighted by atomic mass is 10.2. The van der Waals surface area contributed by atoms with Gasteiger partial charge in [0.15, 0.2) is 0 Å². The van der Waals surface area contributed by atoms with E-state index in [1.807, 2.05) is 19.9 Å². The molecule has 3 N–H and O–H groups in total. The number of nitrogens with one attached hydrogen (secondary N) is 1. The lowest BCUT2D eigenvalue weighted by Gasteiger charge is -2.11.